The van der Waals surface area contributed by atoms with Crippen LogP contribution in [0.25, 0.3) is 0 Å². The minimum atomic E-state index is -0.206. The summed E-state index contributed by atoms with van der Waals surface area (Å²) in [7, 11) is 0. The van der Waals surface area contributed by atoms with Crippen molar-refractivity contribution in [3.05, 3.63) is 29.8 Å². The molecule has 0 aromatic heterocycles. The minimum absolute atomic E-state index is 0.0273. The quantitative estimate of drug-likeness (QED) is 0.813. The largest absolute Gasteiger partial charge is 0.380 e. The Morgan fingerprint density at radius 2 is 2.00 bits per heavy atom. The standard InChI is InChI=1S/C16H22N2O3/c1-12(2)7-9-21-10-8-18-14-6-4-3-5-13(14)16(20)17-11-15(18)19/h3-6,12H,7-11H2,1-2H3,(H,17,20). The summed E-state index contributed by atoms with van der Waals surface area (Å²) >= 11 is 0. The number of para-hydroxylation sites is 1. The minimum Gasteiger partial charge on any atom is -0.380 e. The number of anilines is 1. The van der Waals surface area contributed by atoms with Crippen molar-refractivity contribution < 1.29 is 14.3 Å². The number of hydrogen-bond acceptors (Lipinski definition) is 3. The lowest BCUT2D eigenvalue weighted by atomic mass is 10.1. The molecular weight excluding hydrogens is 268 g/mol. The summed E-state index contributed by atoms with van der Waals surface area (Å²) in [4.78, 5) is 25.7. The molecule has 1 aromatic rings. The summed E-state index contributed by atoms with van der Waals surface area (Å²) in [6.07, 6.45) is 1.00. The lowest BCUT2D eigenvalue weighted by Crippen LogP contribution is -2.38. The van der Waals surface area contributed by atoms with Gasteiger partial charge in [-0.2, -0.15) is 0 Å². The smallest absolute Gasteiger partial charge is 0.253 e. The van der Waals surface area contributed by atoms with Crippen LogP contribution in [-0.2, 0) is 9.53 Å². The maximum absolute atomic E-state index is 12.2. The molecule has 0 saturated carbocycles. The van der Waals surface area contributed by atoms with Gasteiger partial charge in [-0.15, -0.1) is 0 Å². The first-order valence-corrected chi connectivity index (χ1v) is 7.35. The molecule has 5 heteroatoms. The van der Waals surface area contributed by atoms with E-state index in [-0.39, 0.29) is 18.4 Å². The average Bonchev–Trinajstić information content (AvgIpc) is 2.58. The normalized spacial score (nSPS) is 14.9. The predicted octanol–water partition coefficient (Wildman–Crippen LogP) is 1.83. The molecule has 0 radical (unpaired) electrons. The number of hydrogen-bond donors (Lipinski definition) is 1. The Morgan fingerprint density at radius 1 is 1.24 bits per heavy atom. The van der Waals surface area contributed by atoms with Crippen LogP contribution in [0.5, 0.6) is 0 Å². The summed E-state index contributed by atoms with van der Waals surface area (Å²) in [6.45, 7) is 5.95. The van der Waals surface area contributed by atoms with Gasteiger partial charge in [0.05, 0.1) is 24.4 Å². The lowest BCUT2D eigenvalue weighted by molar-refractivity contribution is -0.117. The van der Waals surface area contributed by atoms with E-state index in [1.54, 1.807) is 23.1 Å². The van der Waals surface area contributed by atoms with E-state index in [2.05, 4.69) is 19.2 Å². The topological polar surface area (TPSA) is 58.6 Å². The second-order valence-electron chi connectivity index (χ2n) is 5.54. The van der Waals surface area contributed by atoms with Crippen LogP contribution in [0.1, 0.15) is 30.6 Å². The third kappa shape index (κ3) is 4.04. The van der Waals surface area contributed by atoms with E-state index in [9.17, 15) is 9.59 Å². The van der Waals surface area contributed by atoms with Gasteiger partial charge in [0.15, 0.2) is 0 Å². The highest BCUT2D eigenvalue weighted by Crippen LogP contribution is 2.22. The van der Waals surface area contributed by atoms with Crippen molar-refractivity contribution in [1.82, 2.24) is 5.32 Å². The molecule has 1 aromatic carbocycles. The van der Waals surface area contributed by atoms with Crippen LogP contribution >= 0.6 is 0 Å². The van der Waals surface area contributed by atoms with Gasteiger partial charge in [-0.05, 0) is 24.5 Å². The van der Waals surface area contributed by atoms with Gasteiger partial charge in [0.1, 0.15) is 0 Å². The molecule has 0 aliphatic carbocycles. The first-order valence-electron chi connectivity index (χ1n) is 7.35. The van der Waals surface area contributed by atoms with Crippen LogP contribution in [0.15, 0.2) is 24.3 Å². The number of carbonyl (C=O) groups is 2. The Kier molecular flexibility index (Phi) is 5.33. The molecule has 21 heavy (non-hydrogen) atoms. The maximum Gasteiger partial charge on any atom is 0.253 e. The number of fused-ring (bicyclic) bond motifs is 1. The molecule has 1 N–H and O–H groups in total. The summed E-state index contributed by atoms with van der Waals surface area (Å²) < 4.78 is 5.58. The third-order valence-electron chi connectivity index (χ3n) is 3.44. The Balaban J connectivity index is 2.01. The fourth-order valence-corrected chi connectivity index (χ4v) is 2.20. The number of carbonyl (C=O) groups excluding carboxylic acids is 2. The molecular formula is C16H22N2O3. The number of ether oxygens (including phenoxy) is 1. The maximum atomic E-state index is 12.2. The van der Waals surface area contributed by atoms with Crippen LogP contribution in [0.3, 0.4) is 0 Å². The highest BCUT2D eigenvalue weighted by Gasteiger charge is 2.25. The molecule has 1 aliphatic rings. The number of rotatable bonds is 6. The van der Waals surface area contributed by atoms with Gasteiger partial charge in [0.25, 0.3) is 5.91 Å². The molecule has 1 aliphatic heterocycles. The van der Waals surface area contributed by atoms with Crippen molar-refractivity contribution >= 4 is 17.5 Å². The number of nitrogens with zero attached hydrogens (tertiary/aromatic N) is 1. The second kappa shape index (κ2) is 7.22. The lowest BCUT2D eigenvalue weighted by Gasteiger charge is -2.22. The van der Waals surface area contributed by atoms with Crippen LogP contribution < -0.4 is 10.2 Å². The Labute approximate surface area is 125 Å². The zero-order valence-electron chi connectivity index (χ0n) is 12.6. The van der Waals surface area contributed by atoms with E-state index in [0.717, 1.165) is 6.42 Å². The van der Waals surface area contributed by atoms with Crippen molar-refractivity contribution in [3.8, 4) is 0 Å². The fourth-order valence-electron chi connectivity index (χ4n) is 2.20. The van der Waals surface area contributed by atoms with E-state index < -0.39 is 0 Å². The molecule has 1 heterocycles. The zero-order chi connectivity index (χ0) is 15.2. The van der Waals surface area contributed by atoms with Gasteiger partial charge in [0, 0.05) is 13.2 Å². The third-order valence-corrected chi connectivity index (χ3v) is 3.44. The van der Waals surface area contributed by atoms with E-state index in [4.69, 9.17) is 4.74 Å². The molecule has 2 amide bonds. The monoisotopic (exact) mass is 290 g/mol. The summed E-state index contributed by atoms with van der Waals surface area (Å²) in [5.74, 6) is 0.287. The molecule has 0 spiro atoms. The zero-order valence-corrected chi connectivity index (χ0v) is 12.6. The molecule has 0 saturated heterocycles. The number of benzene rings is 1. The predicted molar refractivity (Wildman–Crippen MR) is 81.4 cm³/mol. The van der Waals surface area contributed by atoms with Gasteiger partial charge >= 0.3 is 0 Å². The highest BCUT2D eigenvalue weighted by molar-refractivity contribution is 6.09. The van der Waals surface area contributed by atoms with Crippen LogP contribution in [0.2, 0.25) is 0 Å². The number of amides is 2. The summed E-state index contributed by atoms with van der Waals surface area (Å²) in [5.41, 5.74) is 1.19. The van der Waals surface area contributed by atoms with Crippen molar-refractivity contribution in [3.63, 3.8) is 0 Å². The molecule has 0 atom stereocenters. The van der Waals surface area contributed by atoms with Crippen molar-refractivity contribution in [2.75, 3.05) is 31.2 Å². The van der Waals surface area contributed by atoms with E-state index in [0.29, 0.717) is 36.9 Å². The van der Waals surface area contributed by atoms with Crippen LogP contribution in [-0.4, -0.2) is 38.1 Å². The van der Waals surface area contributed by atoms with E-state index in [1.165, 1.54) is 0 Å². The second-order valence-corrected chi connectivity index (χ2v) is 5.54. The molecule has 2 rings (SSSR count). The molecule has 5 nitrogen and oxygen atoms in total. The molecule has 0 bridgehead atoms. The van der Waals surface area contributed by atoms with Crippen LogP contribution in [0.4, 0.5) is 5.69 Å². The van der Waals surface area contributed by atoms with E-state index >= 15 is 0 Å². The molecule has 114 valence electrons. The summed E-state index contributed by atoms with van der Waals surface area (Å²) in [6, 6.07) is 7.16. The highest BCUT2D eigenvalue weighted by atomic mass is 16.5. The van der Waals surface area contributed by atoms with Crippen LogP contribution in [0, 0.1) is 5.92 Å². The Bertz CT molecular complexity index is 514. The molecule has 0 unspecified atom stereocenters. The van der Waals surface area contributed by atoms with Crippen molar-refractivity contribution in [2.24, 2.45) is 5.92 Å². The van der Waals surface area contributed by atoms with Gasteiger partial charge in [0.2, 0.25) is 5.91 Å². The van der Waals surface area contributed by atoms with Gasteiger partial charge < -0.3 is 15.0 Å². The van der Waals surface area contributed by atoms with Crippen molar-refractivity contribution in [2.45, 2.75) is 20.3 Å². The average molecular weight is 290 g/mol. The first kappa shape index (κ1) is 15.5. The molecule has 0 fully saturated rings. The SMILES string of the molecule is CC(C)CCOCCN1C(=O)CNC(=O)c2ccccc21. The Morgan fingerprint density at radius 3 is 2.76 bits per heavy atom. The summed E-state index contributed by atoms with van der Waals surface area (Å²) in [5, 5.41) is 2.63. The van der Waals surface area contributed by atoms with Crippen molar-refractivity contribution in [1.29, 1.82) is 0 Å². The van der Waals surface area contributed by atoms with E-state index in [1.807, 2.05) is 6.07 Å². The van der Waals surface area contributed by atoms with Gasteiger partial charge in [-0.25, -0.2) is 0 Å². The van der Waals surface area contributed by atoms with Gasteiger partial charge in [-0.1, -0.05) is 26.0 Å². The Hall–Kier alpha value is -1.88. The fraction of sp³-hybridized carbons (Fsp3) is 0.500. The first-order chi connectivity index (χ1) is 10.1. The number of nitrogens with one attached hydrogen (secondary N) is 1. The van der Waals surface area contributed by atoms with Gasteiger partial charge in [-0.3, -0.25) is 9.59 Å².